The highest BCUT2D eigenvalue weighted by atomic mass is 32.2. The Morgan fingerprint density at radius 1 is 1.33 bits per heavy atom. The smallest absolute Gasteiger partial charge is 0.242 e. The minimum atomic E-state index is -0.202. The molecule has 0 radical (unpaired) electrons. The van der Waals surface area contributed by atoms with E-state index in [0.717, 1.165) is 30.2 Å². The van der Waals surface area contributed by atoms with E-state index >= 15 is 0 Å². The van der Waals surface area contributed by atoms with Gasteiger partial charge < -0.3 is 10.1 Å². The van der Waals surface area contributed by atoms with Crippen LogP contribution in [0.25, 0.3) is 0 Å². The van der Waals surface area contributed by atoms with Crippen molar-refractivity contribution < 1.29 is 9.53 Å². The lowest BCUT2D eigenvalue weighted by molar-refractivity contribution is -0.127. The molecule has 0 bridgehead atoms. The van der Waals surface area contributed by atoms with Gasteiger partial charge in [0.05, 0.1) is 6.61 Å². The van der Waals surface area contributed by atoms with Crippen LogP contribution < -0.4 is 5.32 Å². The van der Waals surface area contributed by atoms with Crippen LogP contribution in [-0.4, -0.2) is 55.2 Å². The van der Waals surface area contributed by atoms with Gasteiger partial charge in [0, 0.05) is 37.7 Å². The van der Waals surface area contributed by atoms with Gasteiger partial charge in [0.1, 0.15) is 6.04 Å². The number of nitrogens with one attached hydrogen (secondary N) is 1. The van der Waals surface area contributed by atoms with E-state index in [1.807, 2.05) is 49.0 Å². The van der Waals surface area contributed by atoms with Gasteiger partial charge in [0.2, 0.25) is 5.91 Å². The topological polar surface area (TPSA) is 41.6 Å². The molecule has 1 heterocycles. The van der Waals surface area contributed by atoms with E-state index in [-0.39, 0.29) is 18.0 Å². The van der Waals surface area contributed by atoms with Gasteiger partial charge in [-0.15, -0.1) is 0 Å². The molecule has 1 fully saturated rings. The highest BCUT2D eigenvalue weighted by Gasteiger charge is 2.29. The number of carbonyl (C=O) groups excluding carboxylic acids is 1. The van der Waals surface area contributed by atoms with Crippen LogP contribution in [0, 0.1) is 0 Å². The van der Waals surface area contributed by atoms with Crippen LogP contribution >= 0.6 is 11.8 Å². The Bertz CT molecular complexity index is 435. The number of amides is 1. The first-order chi connectivity index (χ1) is 10.2. The summed E-state index contributed by atoms with van der Waals surface area (Å²) in [6.07, 6.45) is 0. The number of benzene rings is 1. The Balaban J connectivity index is 2.13. The third kappa shape index (κ3) is 4.73. The summed E-state index contributed by atoms with van der Waals surface area (Å²) in [5.41, 5.74) is 1.06. The third-order valence-electron chi connectivity index (χ3n) is 3.58. The van der Waals surface area contributed by atoms with Crippen LogP contribution in [-0.2, 0) is 9.53 Å². The number of rotatable bonds is 6. The first kappa shape index (κ1) is 16.3. The zero-order valence-electron chi connectivity index (χ0n) is 12.7. The molecule has 1 aliphatic heterocycles. The van der Waals surface area contributed by atoms with E-state index in [4.69, 9.17) is 4.74 Å². The van der Waals surface area contributed by atoms with Crippen molar-refractivity contribution >= 4 is 17.7 Å². The van der Waals surface area contributed by atoms with Crippen molar-refractivity contribution in [3.63, 3.8) is 0 Å². The van der Waals surface area contributed by atoms with Crippen molar-refractivity contribution in [1.29, 1.82) is 0 Å². The molecule has 1 aromatic carbocycles. The molecule has 2 rings (SSSR count). The average Bonchev–Trinajstić information content (AvgIpc) is 2.50. The van der Waals surface area contributed by atoms with Gasteiger partial charge in [-0.25, -0.2) is 0 Å². The SMILES string of the molecule is COC[C@H](C)NC(=O)[C@@H](c1ccccc1)N1CCSCC1. The first-order valence-electron chi connectivity index (χ1n) is 7.38. The molecular formula is C16H24N2O2S. The van der Waals surface area contributed by atoms with Crippen LogP contribution in [0.15, 0.2) is 30.3 Å². The van der Waals surface area contributed by atoms with E-state index in [1.165, 1.54) is 0 Å². The summed E-state index contributed by atoms with van der Waals surface area (Å²) in [6.45, 7) is 4.41. The summed E-state index contributed by atoms with van der Waals surface area (Å²) in [5.74, 6) is 2.24. The van der Waals surface area contributed by atoms with Crippen molar-refractivity contribution in [3.05, 3.63) is 35.9 Å². The summed E-state index contributed by atoms with van der Waals surface area (Å²) in [4.78, 5) is 15.0. The maximum absolute atomic E-state index is 12.7. The number of ether oxygens (including phenoxy) is 1. The Kier molecular flexibility index (Phi) is 6.54. The van der Waals surface area contributed by atoms with Gasteiger partial charge >= 0.3 is 0 Å². The second-order valence-corrected chi connectivity index (χ2v) is 6.55. The normalized spacial score (nSPS) is 19.0. The van der Waals surface area contributed by atoms with Crippen molar-refractivity contribution in [1.82, 2.24) is 10.2 Å². The lowest BCUT2D eigenvalue weighted by Gasteiger charge is -2.34. The van der Waals surface area contributed by atoms with E-state index in [9.17, 15) is 4.79 Å². The van der Waals surface area contributed by atoms with Crippen LogP contribution in [0.5, 0.6) is 0 Å². The zero-order valence-corrected chi connectivity index (χ0v) is 13.6. The van der Waals surface area contributed by atoms with Crippen molar-refractivity contribution in [2.24, 2.45) is 0 Å². The predicted octanol–water partition coefficient (Wildman–Crippen LogP) is 1.93. The Labute approximate surface area is 131 Å². The Hall–Kier alpha value is -1.04. The Morgan fingerprint density at radius 2 is 2.00 bits per heavy atom. The lowest BCUT2D eigenvalue weighted by atomic mass is 10.0. The van der Waals surface area contributed by atoms with Gasteiger partial charge in [-0.05, 0) is 12.5 Å². The minimum Gasteiger partial charge on any atom is -0.383 e. The molecular weight excluding hydrogens is 284 g/mol. The maximum atomic E-state index is 12.7. The second kappa shape index (κ2) is 8.41. The predicted molar refractivity (Wildman–Crippen MR) is 87.6 cm³/mol. The highest BCUT2D eigenvalue weighted by Crippen LogP contribution is 2.24. The Morgan fingerprint density at radius 3 is 2.62 bits per heavy atom. The molecule has 116 valence electrons. The second-order valence-electron chi connectivity index (χ2n) is 5.33. The monoisotopic (exact) mass is 308 g/mol. The number of carbonyl (C=O) groups is 1. The van der Waals surface area contributed by atoms with Crippen LogP contribution in [0.4, 0.5) is 0 Å². The van der Waals surface area contributed by atoms with Crippen LogP contribution in [0.1, 0.15) is 18.5 Å². The fraction of sp³-hybridized carbons (Fsp3) is 0.562. The first-order valence-corrected chi connectivity index (χ1v) is 8.54. The molecule has 0 saturated carbocycles. The van der Waals surface area contributed by atoms with E-state index < -0.39 is 0 Å². The zero-order chi connectivity index (χ0) is 15.1. The molecule has 1 aromatic rings. The molecule has 1 amide bonds. The number of nitrogens with zero attached hydrogens (tertiary/aromatic N) is 1. The minimum absolute atomic E-state index is 0.0212. The number of thioether (sulfide) groups is 1. The van der Waals surface area contributed by atoms with Crippen LogP contribution in [0.2, 0.25) is 0 Å². The van der Waals surface area contributed by atoms with Crippen LogP contribution in [0.3, 0.4) is 0 Å². The molecule has 0 unspecified atom stereocenters. The van der Waals surface area contributed by atoms with Crippen molar-refractivity contribution in [3.8, 4) is 0 Å². The maximum Gasteiger partial charge on any atom is 0.242 e. The summed E-state index contributed by atoms with van der Waals surface area (Å²) in [5, 5.41) is 3.06. The fourth-order valence-electron chi connectivity index (χ4n) is 2.61. The summed E-state index contributed by atoms with van der Waals surface area (Å²) >= 11 is 1.95. The van der Waals surface area contributed by atoms with E-state index in [2.05, 4.69) is 10.2 Å². The molecule has 1 N–H and O–H groups in total. The van der Waals surface area contributed by atoms with Gasteiger partial charge in [-0.2, -0.15) is 11.8 Å². The van der Waals surface area contributed by atoms with Gasteiger partial charge in [-0.3, -0.25) is 9.69 Å². The molecule has 5 heteroatoms. The van der Waals surface area contributed by atoms with Gasteiger partial charge in [0.25, 0.3) is 0 Å². The molecule has 1 aliphatic rings. The molecule has 4 nitrogen and oxygen atoms in total. The third-order valence-corrected chi connectivity index (χ3v) is 4.52. The van der Waals surface area contributed by atoms with Gasteiger partial charge in [-0.1, -0.05) is 30.3 Å². The molecule has 1 saturated heterocycles. The molecule has 0 aliphatic carbocycles. The standard InChI is InChI=1S/C16H24N2O2S/c1-13(12-20-2)17-16(19)15(14-6-4-3-5-7-14)18-8-10-21-11-9-18/h3-7,13,15H,8-12H2,1-2H3,(H,17,19)/t13-,15+/m0/s1. The van der Waals surface area contributed by atoms with Gasteiger partial charge in [0.15, 0.2) is 0 Å². The molecule has 21 heavy (non-hydrogen) atoms. The van der Waals surface area contributed by atoms with E-state index in [0.29, 0.717) is 6.61 Å². The fourth-order valence-corrected chi connectivity index (χ4v) is 3.54. The number of hydrogen-bond donors (Lipinski definition) is 1. The van der Waals surface area contributed by atoms with E-state index in [1.54, 1.807) is 7.11 Å². The summed E-state index contributed by atoms with van der Waals surface area (Å²) < 4.78 is 5.10. The quantitative estimate of drug-likeness (QED) is 0.872. The summed E-state index contributed by atoms with van der Waals surface area (Å²) in [6, 6.07) is 9.86. The average molecular weight is 308 g/mol. The highest BCUT2D eigenvalue weighted by molar-refractivity contribution is 7.99. The lowest BCUT2D eigenvalue weighted by Crippen LogP contribution is -2.47. The number of hydrogen-bond acceptors (Lipinski definition) is 4. The molecule has 0 aromatic heterocycles. The largest absolute Gasteiger partial charge is 0.383 e. The van der Waals surface area contributed by atoms with Crippen molar-refractivity contribution in [2.45, 2.75) is 19.0 Å². The summed E-state index contributed by atoms with van der Waals surface area (Å²) in [7, 11) is 1.65. The van der Waals surface area contributed by atoms with Crippen molar-refractivity contribution in [2.75, 3.05) is 38.3 Å². The molecule has 0 spiro atoms. The molecule has 2 atom stereocenters. The number of methoxy groups -OCH3 is 1.